The van der Waals surface area contributed by atoms with E-state index in [1.165, 1.54) is 12.5 Å². The molecule has 0 amide bonds. The third-order valence-electron chi connectivity index (χ3n) is 2.32. The molecule has 0 radical (unpaired) electrons. The highest BCUT2D eigenvalue weighted by atomic mass is 16.5. The molecule has 0 unspecified atom stereocenters. The van der Waals surface area contributed by atoms with Crippen LogP contribution in [0.25, 0.3) is 0 Å². The lowest BCUT2D eigenvalue weighted by Gasteiger charge is -1.98. The Bertz CT molecular complexity index is 402. The van der Waals surface area contributed by atoms with E-state index in [4.69, 9.17) is 11.2 Å². The van der Waals surface area contributed by atoms with Crippen molar-refractivity contribution in [2.45, 2.75) is 39.0 Å². The Morgan fingerprint density at radius 3 is 2.75 bits per heavy atom. The number of rotatable bonds is 10. The molecule has 0 atom stereocenters. The Hall–Kier alpha value is -2.13. The SMILES string of the molecule is C#CCOC(=O)/C=C/C=C/CCCCCCOC#CC. The van der Waals surface area contributed by atoms with Gasteiger partial charge in [-0.3, -0.25) is 0 Å². The normalized spacial score (nSPS) is 10.0. The Labute approximate surface area is 122 Å². The van der Waals surface area contributed by atoms with E-state index < -0.39 is 5.97 Å². The lowest BCUT2D eigenvalue weighted by atomic mass is 10.1. The predicted molar refractivity (Wildman–Crippen MR) is 80.6 cm³/mol. The molecule has 0 heterocycles. The molecule has 0 aromatic rings. The van der Waals surface area contributed by atoms with Crippen molar-refractivity contribution in [1.82, 2.24) is 0 Å². The molecule has 0 N–H and O–H groups in total. The van der Waals surface area contributed by atoms with Gasteiger partial charge in [0.05, 0.1) is 0 Å². The first-order valence-corrected chi connectivity index (χ1v) is 6.78. The molecule has 0 fully saturated rings. The van der Waals surface area contributed by atoms with Crippen molar-refractivity contribution in [3.8, 4) is 24.4 Å². The maximum atomic E-state index is 11.0. The van der Waals surface area contributed by atoms with Crippen molar-refractivity contribution < 1.29 is 14.3 Å². The highest BCUT2D eigenvalue weighted by Gasteiger charge is 1.91. The molecule has 0 saturated heterocycles. The lowest BCUT2D eigenvalue weighted by molar-refractivity contribution is -0.136. The molecule has 3 nitrogen and oxygen atoms in total. The fourth-order valence-electron chi connectivity index (χ4n) is 1.38. The lowest BCUT2D eigenvalue weighted by Crippen LogP contribution is -1.99. The van der Waals surface area contributed by atoms with E-state index in [2.05, 4.69) is 22.7 Å². The Morgan fingerprint density at radius 1 is 1.20 bits per heavy atom. The largest absolute Gasteiger partial charge is 0.449 e. The average molecular weight is 274 g/mol. The zero-order valence-electron chi connectivity index (χ0n) is 12.1. The molecular formula is C17H22O3. The number of unbranched alkanes of at least 4 members (excludes halogenated alkanes) is 4. The van der Waals surface area contributed by atoms with E-state index in [0.29, 0.717) is 6.61 Å². The third-order valence-corrected chi connectivity index (χ3v) is 2.32. The van der Waals surface area contributed by atoms with Gasteiger partial charge in [0.15, 0.2) is 6.61 Å². The van der Waals surface area contributed by atoms with Gasteiger partial charge in [0, 0.05) is 13.0 Å². The van der Waals surface area contributed by atoms with Crippen LogP contribution < -0.4 is 0 Å². The van der Waals surface area contributed by atoms with E-state index in [9.17, 15) is 4.79 Å². The van der Waals surface area contributed by atoms with Gasteiger partial charge in [0.2, 0.25) is 0 Å². The Balaban J connectivity index is 3.39. The first-order chi connectivity index (χ1) is 9.81. The first kappa shape index (κ1) is 17.9. The molecule has 0 spiro atoms. The van der Waals surface area contributed by atoms with Crippen LogP contribution in [0.1, 0.15) is 39.0 Å². The molecular weight excluding hydrogens is 252 g/mol. The quantitative estimate of drug-likeness (QED) is 0.202. The van der Waals surface area contributed by atoms with Crippen LogP contribution in [0.2, 0.25) is 0 Å². The summed E-state index contributed by atoms with van der Waals surface area (Å²) in [5.41, 5.74) is 0. The summed E-state index contributed by atoms with van der Waals surface area (Å²) in [6.07, 6.45) is 19.9. The summed E-state index contributed by atoms with van der Waals surface area (Å²) in [5.74, 6) is 4.51. The van der Waals surface area contributed by atoms with Gasteiger partial charge in [-0.1, -0.05) is 42.9 Å². The highest BCUT2D eigenvalue weighted by Crippen LogP contribution is 2.03. The van der Waals surface area contributed by atoms with Gasteiger partial charge in [-0.25, -0.2) is 4.79 Å². The summed E-state index contributed by atoms with van der Waals surface area (Å²) in [5, 5.41) is 0. The van der Waals surface area contributed by atoms with E-state index in [1.807, 2.05) is 12.2 Å². The summed E-state index contributed by atoms with van der Waals surface area (Å²) in [6.45, 7) is 2.48. The van der Waals surface area contributed by atoms with Crippen LogP contribution >= 0.6 is 0 Å². The first-order valence-electron chi connectivity index (χ1n) is 6.78. The van der Waals surface area contributed by atoms with Gasteiger partial charge in [0.25, 0.3) is 0 Å². The van der Waals surface area contributed by atoms with Crippen LogP contribution in [0.5, 0.6) is 0 Å². The van der Waals surface area contributed by atoms with Gasteiger partial charge in [-0.2, -0.15) is 0 Å². The van der Waals surface area contributed by atoms with E-state index in [-0.39, 0.29) is 6.61 Å². The molecule has 0 aromatic carbocycles. The second-order valence-corrected chi connectivity index (χ2v) is 4.00. The minimum absolute atomic E-state index is 0.0143. The summed E-state index contributed by atoms with van der Waals surface area (Å²) in [7, 11) is 0. The minimum Gasteiger partial charge on any atom is -0.449 e. The monoisotopic (exact) mass is 274 g/mol. The number of allylic oxidation sites excluding steroid dienone is 3. The van der Waals surface area contributed by atoms with Crippen LogP contribution in [-0.4, -0.2) is 19.2 Å². The van der Waals surface area contributed by atoms with Crippen LogP contribution in [0.4, 0.5) is 0 Å². The fraction of sp³-hybridized carbons (Fsp3) is 0.471. The number of carbonyl (C=O) groups excluding carboxylic acids is 1. The number of carbonyl (C=O) groups is 1. The molecule has 0 bridgehead atoms. The maximum absolute atomic E-state index is 11.0. The fourth-order valence-corrected chi connectivity index (χ4v) is 1.38. The van der Waals surface area contributed by atoms with Crippen LogP contribution in [0.3, 0.4) is 0 Å². The summed E-state index contributed by atoms with van der Waals surface area (Å²) >= 11 is 0. The minimum atomic E-state index is -0.414. The smallest absolute Gasteiger partial charge is 0.331 e. The second-order valence-electron chi connectivity index (χ2n) is 4.00. The third kappa shape index (κ3) is 13.9. The standard InChI is InChI=1S/C17H22O3/c1-3-14-19-16-12-10-8-6-5-7-9-11-13-17(18)20-15-4-2/h2,7,9,11,13H,5-6,8,10,12,15-16H2,1H3/b9-7+,13-11+. The van der Waals surface area contributed by atoms with Crippen molar-refractivity contribution in [2.75, 3.05) is 13.2 Å². The Kier molecular flexibility index (Phi) is 13.3. The molecule has 0 rings (SSSR count). The number of terminal acetylenes is 1. The molecule has 0 aromatic heterocycles. The zero-order valence-corrected chi connectivity index (χ0v) is 12.1. The van der Waals surface area contributed by atoms with Gasteiger partial charge in [-0.15, -0.1) is 6.42 Å². The van der Waals surface area contributed by atoms with Crippen molar-refractivity contribution in [3.05, 3.63) is 24.3 Å². The van der Waals surface area contributed by atoms with Crippen molar-refractivity contribution in [2.24, 2.45) is 0 Å². The van der Waals surface area contributed by atoms with Gasteiger partial charge in [-0.05, 0) is 19.3 Å². The van der Waals surface area contributed by atoms with Crippen LogP contribution in [0, 0.1) is 24.4 Å². The van der Waals surface area contributed by atoms with E-state index in [0.717, 1.165) is 25.7 Å². The number of hydrogen-bond acceptors (Lipinski definition) is 3. The van der Waals surface area contributed by atoms with Gasteiger partial charge in [0.1, 0.15) is 12.7 Å². The average Bonchev–Trinajstić information content (AvgIpc) is 2.46. The van der Waals surface area contributed by atoms with Crippen LogP contribution in [-0.2, 0) is 14.3 Å². The van der Waals surface area contributed by atoms with Crippen molar-refractivity contribution in [1.29, 1.82) is 0 Å². The molecule has 108 valence electrons. The molecule has 3 heteroatoms. The molecule has 0 saturated carbocycles. The van der Waals surface area contributed by atoms with Crippen molar-refractivity contribution in [3.63, 3.8) is 0 Å². The van der Waals surface area contributed by atoms with E-state index >= 15 is 0 Å². The predicted octanol–water partition coefficient (Wildman–Crippen LogP) is 3.22. The van der Waals surface area contributed by atoms with E-state index in [1.54, 1.807) is 13.0 Å². The molecule has 20 heavy (non-hydrogen) atoms. The molecule has 0 aliphatic heterocycles. The van der Waals surface area contributed by atoms with Crippen LogP contribution in [0.15, 0.2) is 24.3 Å². The number of hydrogen-bond donors (Lipinski definition) is 0. The van der Waals surface area contributed by atoms with Gasteiger partial charge < -0.3 is 9.47 Å². The maximum Gasteiger partial charge on any atom is 0.331 e. The summed E-state index contributed by atoms with van der Waals surface area (Å²) in [4.78, 5) is 11.0. The molecule has 0 aliphatic rings. The molecule has 0 aliphatic carbocycles. The number of ether oxygens (including phenoxy) is 2. The highest BCUT2D eigenvalue weighted by molar-refractivity contribution is 5.82. The Morgan fingerprint density at radius 2 is 2.00 bits per heavy atom. The topological polar surface area (TPSA) is 35.5 Å². The summed E-state index contributed by atoms with van der Waals surface area (Å²) in [6, 6.07) is 0. The number of esters is 1. The summed E-state index contributed by atoms with van der Waals surface area (Å²) < 4.78 is 9.73. The zero-order chi connectivity index (χ0) is 14.9. The second kappa shape index (κ2) is 14.9. The van der Waals surface area contributed by atoms with Gasteiger partial charge >= 0.3 is 5.97 Å². The van der Waals surface area contributed by atoms with Crippen molar-refractivity contribution >= 4 is 5.97 Å².